The largest absolute Gasteiger partial charge is 0.395 e. The Balaban J connectivity index is 1.42. The molecular weight excluding hydrogens is 342 g/mol. The number of piperazine rings is 1. The van der Waals surface area contributed by atoms with Crippen LogP contribution in [0.3, 0.4) is 0 Å². The van der Waals surface area contributed by atoms with Gasteiger partial charge in [-0.15, -0.1) is 0 Å². The first kappa shape index (κ1) is 19.7. The molecule has 6 heteroatoms. The molecule has 2 aliphatic rings. The van der Waals surface area contributed by atoms with Crippen LogP contribution in [0.2, 0.25) is 0 Å². The van der Waals surface area contributed by atoms with Gasteiger partial charge in [0.1, 0.15) is 0 Å². The van der Waals surface area contributed by atoms with Crippen LogP contribution < -0.4 is 5.32 Å². The number of β-amino-alcohol motifs (C(OH)–C–C–N with tert-alkyl or cyclic N) is 1. The van der Waals surface area contributed by atoms with Crippen molar-refractivity contribution in [2.75, 3.05) is 52.4 Å². The number of nitrogens with one attached hydrogen (secondary N) is 1. The molecule has 1 saturated carbocycles. The van der Waals surface area contributed by atoms with Gasteiger partial charge in [0.15, 0.2) is 11.6 Å². The molecule has 2 N–H and O–H groups in total. The SMILES string of the molecule is O=C1CC(Cc2ccccc2)C(=O)C1=CNCCN1CCN(CCO)CC1. The third-order valence-corrected chi connectivity index (χ3v) is 5.39. The molecule has 1 aromatic rings. The van der Waals surface area contributed by atoms with Gasteiger partial charge >= 0.3 is 0 Å². The van der Waals surface area contributed by atoms with Crippen molar-refractivity contribution >= 4 is 11.6 Å². The molecule has 0 spiro atoms. The maximum Gasteiger partial charge on any atom is 0.171 e. The van der Waals surface area contributed by atoms with Crippen LogP contribution in [0.1, 0.15) is 12.0 Å². The van der Waals surface area contributed by atoms with E-state index in [2.05, 4.69) is 15.1 Å². The molecule has 1 saturated heterocycles. The van der Waals surface area contributed by atoms with Crippen molar-refractivity contribution in [1.82, 2.24) is 15.1 Å². The van der Waals surface area contributed by atoms with Crippen LogP contribution in [-0.2, 0) is 16.0 Å². The molecule has 1 aromatic carbocycles. The zero-order valence-electron chi connectivity index (χ0n) is 15.8. The lowest BCUT2D eigenvalue weighted by molar-refractivity contribution is -0.118. The molecule has 1 aliphatic carbocycles. The van der Waals surface area contributed by atoms with Crippen molar-refractivity contribution in [3.05, 3.63) is 47.7 Å². The number of benzene rings is 1. The van der Waals surface area contributed by atoms with Gasteiger partial charge < -0.3 is 10.4 Å². The molecule has 0 bridgehead atoms. The van der Waals surface area contributed by atoms with E-state index in [1.165, 1.54) is 0 Å². The Kier molecular flexibility index (Phi) is 7.15. The molecule has 0 amide bonds. The van der Waals surface area contributed by atoms with Crippen molar-refractivity contribution in [2.45, 2.75) is 12.8 Å². The number of aliphatic hydroxyl groups is 1. The fraction of sp³-hybridized carbons (Fsp3) is 0.524. The number of carbonyl (C=O) groups excluding carboxylic acids is 2. The second-order valence-corrected chi connectivity index (χ2v) is 7.30. The van der Waals surface area contributed by atoms with Crippen LogP contribution in [0.5, 0.6) is 0 Å². The number of hydrogen-bond acceptors (Lipinski definition) is 6. The summed E-state index contributed by atoms with van der Waals surface area (Å²) < 4.78 is 0. The monoisotopic (exact) mass is 371 g/mol. The Morgan fingerprint density at radius 3 is 2.37 bits per heavy atom. The summed E-state index contributed by atoms with van der Waals surface area (Å²) in [4.78, 5) is 29.4. The molecule has 1 aliphatic heterocycles. The third kappa shape index (κ3) is 5.48. The second-order valence-electron chi connectivity index (χ2n) is 7.30. The molecule has 1 unspecified atom stereocenters. The summed E-state index contributed by atoms with van der Waals surface area (Å²) in [6.07, 6.45) is 2.56. The summed E-state index contributed by atoms with van der Waals surface area (Å²) in [5.74, 6) is -0.312. The first-order valence-electron chi connectivity index (χ1n) is 9.78. The maximum atomic E-state index is 12.5. The van der Waals surface area contributed by atoms with Crippen molar-refractivity contribution in [1.29, 1.82) is 0 Å². The number of allylic oxidation sites excluding steroid dienone is 1. The molecule has 0 aromatic heterocycles. The minimum absolute atomic E-state index is 0.0334. The first-order chi connectivity index (χ1) is 13.2. The van der Waals surface area contributed by atoms with Crippen molar-refractivity contribution in [3.8, 4) is 0 Å². The van der Waals surface area contributed by atoms with E-state index < -0.39 is 0 Å². The smallest absolute Gasteiger partial charge is 0.171 e. The number of rotatable bonds is 8. The Hall–Kier alpha value is -2.02. The third-order valence-electron chi connectivity index (χ3n) is 5.39. The van der Waals surface area contributed by atoms with Crippen molar-refractivity contribution in [3.63, 3.8) is 0 Å². The summed E-state index contributed by atoms with van der Waals surface area (Å²) in [5.41, 5.74) is 1.42. The zero-order chi connectivity index (χ0) is 19.1. The molecule has 146 valence electrons. The molecular formula is C21H29N3O3. The normalized spacial score (nSPS) is 23.3. The molecule has 2 fully saturated rings. The number of nitrogens with zero attached hydrogens (tertiary/aromatic N) is 2. The van der Waals surface area contributed by atoms with Gasteiger partial charge in [0.05, 0.1) is 12.2 Å². The van der Waals surface area contributed by atoms with E-state index in [0.717, 1.165) is 44.8 Å². The summed E-state index contributed by atoms with van der Waals surface area (Å²) in [6.45, 7) is 6.46. The summed E-state index contributed by atoms with van der Waals surface area (Å²) in [5, 5.41) is 12.1. The summed E-state index contributed by atoms with van der Waals surface area (Å²) >= 11 is 0. The van der Waals surface area contributed by atoms with Crippen molar-refractivity contribution < 1.29 is 14.7 Å². The highest BCUT2D eigenvalue weighted by molar-refractivity contribution is 6.26. The minimum Gasteiger partial charge on any atom is -0.395 e. The van der Waals surface area contributed by atoms with Gasteiger partial charge in [-0.1, -0.05) is 30.3 Å². The van der Waals surface area contributed by atoms with E-state index in [1.807, 2.05) is 30.3 Å². The average molecular weight is 371 g/mol. The van der Waals surface area contributed by atoms with Gasteiger partial charge in [-0.05, 0) is 12.0 Å². The Bertz CT molecular complexity index is 667. The number of aliphatic hydroxyl groups excluding tert-OH is 1. The van der Waals surface area contributed by atoms with E-state index in [0.29, 0.717) is 25.0 Å². The molecule has 1 heterocycles. The summed E-state index contributed by atoms with van der Waals surface area (Å²) in [7, 11) is 0. The topological polar surface area (TPSA) is 72.9 Å². The van der Waals surface area contributed by atoms with E-state index in [9.17, 15) is 9.59 Å². The molecule has 0 radical (unpaired) electrons. The number of carbonyl (C=O) groups is 2. The van der Waals surface area contributed by atoms with Gasteiger partial charge in [0, 0.05) is 64.4 Å². The van der Waals surface area contributed by atoms with E-state index in [4.69, 9.17) is 5.11 Å². The highest BCUT2D eigenvalue weighted by Crippen LogP contribution is 2.26. The lowest BCUT2D eigenvalue weighted by Gasteiger charge is -2.34. The average Bonchev–Trinajstić information content (AvgIpc) is 2.94. The maximum absolute atomic E-state index is 12.5. The van der Waals surface area contributed by atoms with Crippen LogP contribution in [0, 0.1) is 5.92 Å². The number of Topliss-reactive ketones (excluding diaryl/α,β-unsaturated/α-hetero) is 2. The quantitative estimate of drug-likeness (QED) is 0.393. The van der Waals surface area contributed by atoms with Crippen LogP contribution in [-0.4, -0.2) is 78.9 Å². The van der Waals surface area contributed by atoms with Crippen molar-refractivity contribution in [2.24, 2.45) is 5.92 Å². The predicted molar refractivity (Wildman–Crippen MR) is 104 cm³/mol. The predicted octanol–water partition coefficient (Wildman–Crippen LogP) is 0.471. The van der Waals surface area contributed by atoms with Gasteiger partial charge in [0.2, 0.25) is 0 Å². The minimum atomic E-state index is -0.229. The van der Waals surface area contributed by atoms with Gasteiger partial charge in [-0.3, -0.25) is 19.4 Å². The van der Waals surface area contributed by atoms with Crippen LogP contribution >= 0.6 is 0 Å². The van der Waals surface area contributed by atoms with Gasteiger partial charge in [-0.2, -0.15) is 0 Å². The molecule has 6 nitrogen and oxygen atoms in total. The van der Waals surface area contributed by atoms with E-state index in [1.54, 1.807) is 6.20 Å². The van der Waals surface area contributed by atoms with E-state index >= 15 is 0 Å². The lowest BCUT2D eigenvalue weighted by atomic mass is 9.97. The van der Waals surface area contributed by atoms with Crippen LogP contribution in [0.15, 0.2) is 42.1 Å². The fourth-order valence-electron chi connectivity index (χ4n) is 3.77. The molecule has 27 heavy (non-hydrogen) atoms. The van der Waals surface area contributed by atoms with Gasteiger partial charge in [0.25, 0.3) is 0 Å². The Labute approximate surface area is 160 Å². The number of ketones is 2. The first-order valence-corrected chi connectivity index (χ1v) is 9.78. The highest BCUT2D eigenvalue weighted by atomic mass is 16.3. The Morgan fingerprint density at radius 2 is 1.70 bits per heavy atom. The standard InChI is InChI=1S/C21H29N3O3/c25-13-12-24-10-8-23(9-11-24)7-6-22-16-19-20(26)15-18(21(19)27)14-17-4-2-1-3-5-17/h1-5,16,18,22,25H,6-15H2. The van der Waals surface area contributed by atoms with Gasteiger partial charge in [-0.25, -0.2) is 0 Å². The lowest BCUT2D eigenvalue weighted by Crippen LogP contribution is -2.48. The van der Waals surface area contributed by atoms with E-state index in [-0.39, 0.29) is 24.1 Å². The van der Waals surface area contributed by atoms with Crippen LogP contribution in [0.25, 0.3) is 0 Å². The second kappa shape index (κ2) is 9.78. The summed E-state index contributed by atoms with van der Waals surface area (Å²) in [6, 6.07) is 9.86. The zero-order valence-corrected chi connectivity index (χ0v) is 15.8. The number of hydrogen-bond donors (Lipinski definition) is 2. The highest BCUT2D eigenvalue weighted by Gasteiger charge is 2.36. The molecule has 3 rings (SSSR count). The molecule has 1 atom stereocenters. The fourth-order valence-corrected chi connectivity index (χ4v) is 3.77. The van der Waals surface area contributed by atoms with Crippen LogP contribution in [0.4, 0.5) is 0 Å². The Morgan fingerprint density at radius 1 is 1.04 bits per heavy atom.